The maximum atomic E-state index is 7.94. The Bertz CT molecular complexity index is 1390. The average molecular weight is 419 g/mol. The van der Waals surface area contributed by atoms with Gasteiger partial charge in [-0.3, -0.25) is 9.98 Å². The van der Waals surface area contributed by atoms with Gasteiger partial charge in [-0.1, -0.05) is 36.4 Å². The molecule has 2 aromatic heterocycles. The highest BCUT2D eigenvalue weighted by atomic mass is 15.2. The summed E-state index contributed by atoms with van der Waals surface area (Å²) in [5, 5.41) is 7.94. The molecule has 0 unspecified atom stereocenters. The topological polar surface area (TPSA) is 83.3 Å². The molecule has 6 heteroatoms. The van der Waals surface area contributed by atoms with Gasteiger partial charge in [0.05, 0.1) is 28.8 Å². The minimum absolute atomic E-state index is 0.563. The molecule has 0 saturated heterocycles. The van der Waals surface area contributed by atoms with E-state index in [1.165, 1.54) is 6.21 Å². The number of nitrogen functional groups attached to an aromatic ring is 1. The van der Waals surface area contributed by atoms with Crippen LogP contribution >= 0.6 is 0 Å². The summed E-state index contributed by atoms with van der Waals surface area (Å²) in [4.78, 5) is 10.7. The van der Waals surface area contributed by atoms with E-state index in [2.05, 4.69) is 58.0 Å². The predicted octanol–water partition coefficient (Wildman–Crippen LogP) is 5.46. The maximum Gasteiger partial charge on any atom is 0.112 e. The zero-order chi connectivity index (χ0) is 22.1. The van der Waals surface area contributed by atoms with Gasteiger partial charge in [0.1, 0.15) is 5.52 Å². The maximum absolute atomic E-state index is 7.94. The van der Waals surface area contributed by atoms with Crippen LogP contribution in [0.1, 0.15) is 11.3 Å². The van der Waals surface area contributed by atoms with Crippen molar-refractivity contribution < 1.29 is 0 Å². The van der Waals surface area contributed by atoms with Crippen LogP contribution in [0.2, 0.25) is 0 Å². The number of nitrogens with one attached hydrogen (secondary N) is 1. The molecule has 1 aliphatic rings. The van der Waals surface area contributed by atoms with Gasteiger partial charge in [0, 0.05) is 35.9 Å². The summed E-state index contributed by atoms with van der Waals surface area (Å²) in [5.41, 5.74) is 14.6. The lowest BCUT2D eigenvalue weighted by molar-refractivity contribution is 1.15. The van der Waals surface area contributed by atoms with Crippen LogP contribution in [-0.2, 0) is 0 Å². The molecule has 3 N–H and O–H groups in total. The van der Waals surface area contributed by atoms with Crippen LogP contribution in [0.5, 0.6) is 0 Å². The van der Waals surface area contributed by atoms with Gasteiger partial charge < -0.3 is 20.6 Å². The summed E-state index contributed by atoms with van der Waals surface area (Å²) in [5.74, 6) is 0. The summed E-state index contributed by atoms with van der Waals surface area (Å²) in [6, 6.07) is 22.5. The Labute approximate surface area is 186 Å². The van der Waals surface area contributed by atoms with E-state index in [4.69, 9.17) is 11.1 Å². The predicted molar refractivity (Wildman–Crippen MR) is 135 cm³/mol. The van der Waals surface area contributed by atoms with E-state index < -0.39 is 0 Å². The molecule has 3 heterocycles. The minimum Gasteiger partial charge on any atom is -0.395 e. The van der Waals surface area contributed by atoms with Crippen molar-refractivity contribution in [2.75, 3.05) is 17.2 Å². The number of anilines is 3. The second-order valence-corrected chi connectivity index (χ2v) is 7.49. The highest BCUT2D eigenvalue weighted by Crippen LogP contribution is 2.42. The van der Waals surface area contributed by atoms with Gasteiger partial charge in [0.15, 0.2) is 0 Å². The first-order valence-electron chi connectivity index (χ1n) is 10.3. The molecule has 2 aromatic carbocycles. The Morgan fingerprint density at radius 1 is 1.06 bits per heavy atom. The SMILES string of the molecule is C=N/C=C(\C=N)n1c(/C=C2\CN(c3ccccc3)c3ccccc32)c(N)c2ncccc21. The van der Waals surface area contributed by atoms with Gasteiger partial charge in [-0.15, -0.1) is 0 Å². The van der Waals surface area contributed by atoms with E-state index in [0.29, 0.717) is 23.4 Å². The Balaban J connectivity index is 1.73. The van der Waals surface area contributed by atoms with Crippen molar-refractivity contribution in [3.8, 4) is 0 Å². The number of para-hydroxylation sites is 2. The van der Waals surface area contributed by atoms with Crippen LogP contribution in [0.15, 0.2) is 84.1 Å². The molecule has 1 aliphatic heterocycles. The largest absolute Gasteiger partial charge is 0.395 e. The third kappa shape index (κ3) is 3.09. The number of pyridine rings is 1. The van der Waals surface area contributed by atoms with Crippen LogP contribution in [-0.4, -0.2) is 29.0 Å². The highest BCUT2D eigenvalue weighted by Gasteiger charge is 2.26. The monoisotopic (exact) mass is 418 g/mol. The van der Waals surface area contributed by atoms with Crippen LogP contribution in [0, 0.1) is 5.41 Å². The summed E-state index contributed by atoms with van der Waals surface area (Å²) in [7, 11) is 0. The number of hydrogen-bond donors (Lipinski definition) is 2. The van der Waals surface area contributed by atoms with Gasteiger partial charge in [-0.25, -0.2) is 0 Å². The van der Waals surface area contributed by atoms with Crippen molar-refractivity contribution in [2.24, 2.45) is 4.99 Å². The molecule has 0 radical (unpaired) electrons. The zero-order valence-electron chi connectivity index (χ0n) is 17.4. The third-order valence-electron chi connectivity index (χ3n) is 5.68. The Kier molecular flexibility index (Phi) is 4.88. The van der Waals surface area contributed by atoms with E-state index in [-0.39, 0.29) is 0 Å². The third-order valence-corrected chi connectivity index (χ3v) is 5.68. The fraction of sp³-hybridized carbons (Fsp3) is 0.0385. The second-order valence-electron chi connectivity index (χ2n) is 7.49. The van der Waals surface area contributed by atoms with E-state index in [0.717, 1.165) is 33.7 Å². The first-order chi connectivity index (χ1) is 15.7. The van der Waals surface area contributed by atoms with E-state index in [9.17, 15) is 0 Å². The number of aliphatic imine (C=N–C) groups is 1. The smallest absolute Gasteiger partial charge is 0.112 e. The van der Waals surface area contributed by atoms with E-state index in [1.54, 1.807) is 12.4 Å². The fourth-order valence-corrected chi connectivity index (χ4v) is 4.28. The molecule has 0 atom stereocenters. The number of allylic oxidation sites excluding steroid dienone is 1. The fourth-order valence-electron chi connectivity index (χ4n) is 4.28. The minimum atomic E-state index is 0.563. The molecule has 4 aromatic rings. The van der Waals surface area contributed by atoms with Crippen molar-refractivity contribution >= 4 is 58.4 Å². The van der Waals surface area contributed by atoms with Gasteiger partial charge >= 0.3 is 0 Å². The number of benzene rings is 2. The summed E-state index contributed by atoms with van der Waals surface area (Å²) in [6.45, 7) is 4.26. The Morgan fingerprint density at radius 2 is 1.84 bits per heavy atom. The number of nitrogens with zero attached hydrogens (tertiary/aromatic N) is 4. The molecule has 0 fully saturated rings. The zero-order valence-corrected chi connectivity index (χ0v) is 17.4. The molecule has 5 rings (SSSR count). The van der Waals surface area contributed by atoms with Gasteiger partial charge in [-0.05, 0) is 48.7 Å². The number of hydrogen-bond acceptors (Lipinski definition) is 5. The number of aromatic nitrogens is 2. The molecule has 6 nitrogen and oxygen atoms in total. The van der Waals surface area contributed by atoms with Gasteiger partial charge in [0.2, 0.25) is 0 Å². The van der Waals surface area contributed by atoms with E-state index >= 15 is 0 Å². The summed E-state index contributed by atoms with van der Waals surface area (Å²) < 4.78 is 1.92. The highest BCUT2D eigenvalue weighted by molar-refractivity contribution is 6.09. The van der Waals surface area contributed by atoms with Gasteiger partial charge in [0.25, 0.3) is 0 Å². The number of fused-ring (bicyclic) bond motifs is 2. The van der Waals surface area contributed by atoms with Crippen LogP contribution in [0.3, 0.4) is 0 Å². The molecule has 0 saturated carbocycles. The molecule has 0 bridgehead atoms. The van der Waals surface area contributed by atoms with Crippen molar-refractivity contribution in [2.45, 2.75) is 0 Å². The molecule has 0 amide bonds. The van der Waals surface area contributed by atoms with Crippen LogP contribution in [0.25, 0.3) is 28.4 Å². The molecule has 32 heavy (non-hydrogen) atoms. The second kappa shape index (κ2) is 8.00. The number of nitrogens with two attached hydrogens (primary N) is 1. The lowest BCUT2D eigenvalue weighted by atomic mass is 10.1. The van der Waals surface area contributed by atoms with Crippen LogP contribution in [0.4, 0.5) is 17.1 Å². The summed E-state index contributed by atoms with van der Waals surface area (Å²) >= 11 is 0. The number of rotatable bonds is 5. The summed E-state index contributed by atoms with van der Waals surface area (Å²) in [6.07, 6.45) is 6.63. The normalized spacial score (nSPS) is 14.7. The molecular formula is C26H22N6. The van der Waals surface area contributed by atoms with Crippen molar-refractivity contribution in [3.63, 3.8) is 0 Å². The lowest BCUT2D eigenvalue weighted by Crippen LogP contribution is -2.12. The van der Waals surface area contributed by atoms with Crippen molar-refractivity contribution in [1.29, 1.82) is 5.41 Å². The van der Waals surface area contributed by atoms with Crippen LogP contribution < -0.4 is 10.6 Å². The first-order valence-corrected chi connectivity index (χ1v) is 10.3. The van der Waals surface area contributed by atoms with Crippen molar-refractivity contribution in [1.82, 2.24) is 9.55 Å². The van der Waals surface area contributed by atoms with Gasteiger partial charge in [-0.2, -0.15) is 0 Å². The Morgan fingerprint density at radius 3 is 2.62 bits per heavy atom. The molecule has 0 aliphatic carbocycles. The first kappa shape index (κ1) is 19.5. The molecule has 156 valence electrons. The molecule has 0 spiro atoms. The average Bonchev–Trinajstić information content (AvgIpc) is 3.34. The molecular weight excluding hydrogens is 396 g/mol. The van der Waals surface area contributed by atoms with Crippen molar-refractivity contribution in [3.05, 3.63) is 90.4 Å². The lowest BCUT2D eigenvalue weighted by Gasteiger charge is -2.19. The quantitative estimate of drug-likeness (QED) is 0.422. The van der Waals surface area contributed by atoms with E-state index in [1.807, 2.05) is 41.0 Å². The Hall–Kier alpha value is -4.45. The standard InChI is InChI=1S/C26H22N6/c1-29-16-20(15-27)32-23-12-7-13-30-26(23)25(28)24(32)14-18-17-31(19-8-3-2-4-9-19)22-11-6-5-10-21(18)22/h2-16,27H,1,17,28H2/b18-14+,20-16+,27-15?.